The van der Waals surface area contributed by atoms with Gasteiger partial charge in [0.05, 0.1) is 0 Å². The van der Waals surface area contributed by atoms with Gasteiger partial charge in [0.1, 0.15) is 5.75 Å². The largest absolute Gasteiger partial charge is 0.508 e. The molecule has 1 aromatic carbocycles. The third kappa shape index (κ3) is 3.88. The predicted octanol–water partition coefficient (Wildman–Crippen LogP) is 1.48. The number of carbonyl (C=O) groups is 1. The number of nitrogens with one attached hydrogen (secondary N) is 1. The van der Waals surface area contributed by atoms with Crippen molar-refractivity contribution >= 4 is 17.7 Å². The Morgan fingerprint density at radius 3 is 2.89 bits per heavy atom. The molecule has 5 heteroatoms. The summed E-state index contributed by atoms with van der Waals surface area (Å²) < 4.78 is 0. The number of phenolic OH excluding ortho intramolecular Hbond substituents is 1. The van der Waals surface area contributed by atoms with Crippen LogP contribution in [0, 0.1) is 6.92 Å². The number of nitrogens with zero attached hydrogens (tertiary/aromatic N) is 1. The van der Waals surface area contributed by atoms with E-state index >= 15 is 0 Å². The van der Waals surface area contributed by atoms with Crippen molar-refractivity contribution in [1.82, 2.24) is 10.2 Å². The maximum Gasteiger partial charge on any atom is 0.251 e. The van der Waals surface area contributed by atoms with Gasteiger partial charge in [0.15, 0.2) is 0 Å². The summed E-state index contributed by atoms with van der Waals surface area (Å²) in [5.41, 5.74) is 1.18. The molecular weight excluding hydrogens is 260 g/mol. The van der Waals surface area contributed by atoms with Crippen LogP contribution in [0.1, 0.15) is 15.9 Å². The standard InChI is InChI=1S/C14H20N2O2S/c1-11-12(3-2-4-13(11)17)14(18)15-5-6-16-7-9-19-10-8-16/h2-4,17H,5-10H2,1H3,(H,15,18). The quantitative estimate of drug-likeness (QED) is 0.877. The Morgan fingerprint density at radius 2 is 2.16 bits per heavy atom. The van der Waals surface area contributed by atoms with Crippen molar-refractivity contribution in [3.05, 3.63) is 29.3 Å². The van der Waals surface area contributed by atoms with Crippen LogP contribution in [0.4, 0.5) is 0 Å². The molecule has 0 bridgehead atoms. The van der Waals surface area contributed by atoms with E-state index in [-0.39, 0.29) is 11.7 Å². The van der Waals surface area contributed by atoms with Gasteiger partial charge in [0.25, 0.3) is 5.91 Å². The summed E-state index contributed by atoms with van der Waals surface area (Å²) in [6, 6.07) is 5.03. The van der Waals surface area contributed by atoms with Crippen molar-refractivity contribution in [1.29, 1.82) is 0 Å². The highest BCUT2D eigenvalue weighted by Gasteiger charge is 2.13. The second-order valence-corrected chi connectivity index (χ2v) is 5.88. The van der Waals surface area contributed by atoms with E-state index in [4.69, 9.17) is 0 Å². The monoisotopic (exact) mass is 280 g/mol. The number of hydrogen-bond donors (Lipinski definition) is 2. The Hall–Kier alpha value is -1.20. The zero-order valence-corrected chi connectivity index (χ0v) is 12.0. The summed E-state index contributed by atoms with van der Waals surface area (Å²) in [4.78, 5) is 14.4. The molecule has 1 heterocycles. The Labute approximate surface area is 118 Å². The van der Waals surface area contributed by atoms with Crippen LogP contribution in [0.15, 0.2) is 18.2 Å². The highest BCUT2D eigenvalue weighted by atomic mass is 32.2. The van der Waals surface area contributed by atoms with Gasteiger partial charge >= 0.3 is 0 Å². The maximum atomic E-state index is 12.0. The molecule has 0 saturated carbocycles. The van der Waals surface area contributed by atoms with E-state index in [1.54, 1.807) is 25.1 Å². The average Bonchev–Trinajstić information content (AvgIpc) is 2.43. The zero-order valence-electron chi connectivity index (χ0n) is 11.2. The molecule has 1 aliphatic heterocycles. The Balaban J connectivity index is 1.82. The van der Waals surface area contributed by atoms with Crippen molar-refractivity contribution in [2.75, 3.05) is 37.7 Å². The van der Waals surface area contributed by atoms with Gasteiger partial charge in [0.2, 0.25) is 0 Å². The Kier molecular flexibility index (Phi) is 5.10. The number of carbonyl (C=O) groups excluding carboxylic acids is 1. The third-order valence-corrected chi connectivity index (χ3v) is 4.31. The van der Waals surface area contributed by atoms with E-state index in [1.165, 1.54) is 11.5 Å². The SMILES string of the molecule is Cc1c(O)cccc1C(=O)NCCN1CCSCC1. The van der Waals surface area contributed by atoms with E-state index in [1.807, 2.05) is 11.8 Å². The van der Waals surface area contributed by atoms with Crippen molar-refractivity contribution in [2.45, 2.75) is 6.92 Å². The summed E-state index contributed by atoms with van der Waals surface area (Å²) in [5.74, 6) is 2.42. The van der Waals surface area contributed by atoms with Crippen LogP contribution in [-0.4, -0.2) is 53.6 Å². The number of hydrogen-bond acceptors (Lipinski definition) is 4. The second kappa shape index (κ2) is 6.82. The van der Waals surface area contributed by atoms with Crippen LogP contribution in [-0.2, 0) is 0 Å². The fraction of sp³-hybridized carbons (Fsp3) is 0.500. The van der Waals surface area contributed by atoms with E-state index in [9.17, 15) is 9.90 Å². The van der Waals surface area contributed by atoms with Crippen molar-refractivity contribution in [3.8, 4) is 5.75 Å². The van der Waals surface area contributed by atoms with Crippen molar-refractivity contribution in [3.63, 3.8) is 0 Å². The minimum Gasteiger partial charge on any atom is -0.508 e. The summed E-state index contributed by atoms with van der Waals surface area (Å²) in [7, 11) is 0. The van der Waals surface area contributed by atoms with Crippen LogP contribution in [0.3, 0.4) is 0 Å². The van der Waals surface area contributed by atoms with Gasteiger partial charge in [-0.15, -0.1) is 0 Å². The van der Waals surface area contributed by atoms with Gasteiger partial charge in [-0.1, -0.05) is 6.07 Å². The summed E-state index contributed by atoms with van der Waals surface area (Å²) >= 11 is 1.98. The molecule has 104 valence electrons. The fourth-order valence-corrected chi connectivity index (χ4v) is 3.10. The molecule has 2 N–H and O–H groups in total. The highest BCUT2D eigenvalue weighted by molar-refractivity contribution is 7.99. The Morgan fingerprint density at radius 1 is 1.42 bits per heavy atom. The molecule has 0 atom stereocenters. The van der Waals surface area contributed by atoms with Gasteiger partial charge in [0, 0.05) is 48.8 Å². The van der Waals surface area contributed by atoms with E-state index < -0.39 is 0 Å². The van der Waals surface area contributed by atoms with E-state index in [2.05, 4.69) is 10.2 Å². The van der Waals surface area contributed by atoms with Crippen LogP contribution in [0.2, 0.25) is 0 Å². The van der Waals surface area contributed by atoms with Gasteiger partial charge in [-0.3, -0.25) is 9.69 Å². The molecule has 1 fully saturated rings. The summed E-state index contributed by atoms with van der Waals surface area (Å²) in [5, 5.41) is 12.5. The smallest absolute Gasteiger partial charge is 0.251 e. The van der Waals surface area contributed by atoms with E-state index in [0.717, 1.165) is 19.6 Å². The fourth-order valence-electron chi connectivity index (χ4n) is 2.12. The lowest BCUT2D eigenvalue weighted by molar-refractivity contribution is 0.0948. The van der Waals surface area contributed by atoms with Gasteiger partial charge in [-0.25, -0.2) is 0 Å². The molecule has 1 aromatic rings. The van der Waals surface area contributed by atoms with E-state index in [0.29, 0.717) is 17.7 Å². The lowest BCUT2D eigenvalue weighted by atomic mass is 10.1. The van der Waals surface area contributed by atoms with Crippen LogP contribution in [0.25, 0.3) is 0 Å². The summed E-state index contributed by atoms with van der Waals surface area (Å²) in [6.45, 7) is 5.51. The van der Waals surface area contributed by atoms with Crippen LogP contribution in [0.5, 0.6) is 5.75 Å². The zero-order chi connectivity index (χ0) is 13.7. The minimum absolute atomic E-state index is 0.111. The Bertz CT molecular complexity index is 445. The highest BCUT2D eigenvalue weighted by Crippen LogP contribution is 2.19. The molecule has 2 rings (SSSR count). The van der Waals surface area contributed by atoms with Crippen molar-refractivity contribution < 1.29 is 9.90 Å². The lowest BCUT2D eigenvalue weighted by Crippen LogP contribution is -2.39. The normalized spacial score (nSPS) is 16.3. The second-order valence-electron chi connectivity index (χ2n) is 4.66. The number of phenols is 1. The third-order valence-electron chi connectivity index (χ3n) is 3.37. The summed E-state index contributed by atoms with van der Waals surface area (Å²) in [6.07, 6.45) is 0. The molecule has 1 saturated heterocycles. The minimum atomic E-state index is -0.111. The van der Waals surface area contributed by atoms with Gasteiger partial charge in [-0.2, -0.15) is 11.8 Å². The predicted molar refractivity (Wildman–Crippen MR) is 78.9 cm³/mol. The molecule has 0 spiro atoms. The van der Waals surface area contributed by atoms with Gasteiger partial charge < -0.3 is 10.4 Å². The first-order valence-electron chi connectivity index (χ1n) is 6.55. The lowest BCUT2D eigenvalue weighted by Gasteiger charge is -2.26. The number of aromatic hydroxyl groups is 1. The first-order chi connectivity index (χ1) is 9.18. The molecule has 0 radical (unpaired) electrons. The van der Waals surface area contributed by atoms with Gasteiger partial charge in [-0.05, 0) is 19.1 Å². The first-order valence-corrected chi connectivity index (χ1v) is 7.71. The molecule has 0 unspecified atom stereocenters. The molecule has 1 aliphatic rings. The first kappa shape index (κ1) is 14.2. The van der Waals surface area contributed by atoms with Crippen LogP contribution < -0.4 is 5.32 Å². The number of benzene rings is 1. The number of rotatable bonds is 4. The van der Waals surface area contributed by atoms with Crippen LogP contribution >= 0.6 is 11.8 Å². The molecule has 4 nitrogen and oxygen atoms in total. The molecule has 0 aliphatic carbocycles. The maximum absolute atomic E-state index is 12.0. The number of thioether (sulfide) groups is 1. The molecule has 0 aromatic heterocycles. The number of amides is 1. The topological polar surface area (TPSA) is 52.6 Å². The molecule has 19 heavy (non-hydrogen) atoms. The molecule has 1 amide bonds. The van der Waals surface area contributed by atoms with Crippen molar-refractivity contribution in [2.24, 2.45) is 0 Å². The molecular formula is C14H20N2O2S. The average molecular weight is 280 g/mol.